The van der Waals surface area contributed by atoms with E-state index in [1.54, 1.807) is 11.3 Å². The first-order valence-corrected chi connectivity index (χ1v) is 10.7. The number of aliphatic imine (C=N–C) groups is 1. The van der Waals surface area contributed by atoms with Crippen LogP contribution in [0.1, 0.15) is 29.6 Å². The second-order valence-electron chi connectivity index (χ2n) is 6.94. The van der Waals surface area contributed by atoms with E-state index in [9.17, 15) is 0 Å². The van der Waals surface area contributed by atoms with Gasteiger partial charge in [0.2, 0.25) is 0 Å². The van der Waals surface area contributed by atoms with Crippen LogP contribution in [0.15, 0.2) is 40.7 Å². The Labute approximate surface area is 189 Å². The molecule has 0 radical (unpaired) electrons. The van der Waals surface area contributed by atoms with Gasteiger partial charge in [0.25, 0.3) is 0 Å². The van der Waals surface area contributed by atoms with E-state index in [2.05, 4.69) is 51.8 Å². The van der Waals surface area contributed by atoms with Crippen molar-refractivity contribution in [2.24, 2.45) is 10.9 Å². The Bertz CT molecular complexity index is 722. The minimum atomic E-state index is 0. The Kier molecular flexibility index (Phi) is 10.2. The van der Waals surface area contributed by atoms with E-state index in [0.717, 1.165) is 62.3 Å². The van der Waals surface area contributed by atoms with Crippen LogP contribution in [0, 0.1) is 12.8 Å². The van der Waals surface area contributed by atoms with E-state index in [4.69, 9.17) is 9.73 Å². The van der Waals surface area contributed by atoms with Gasteiger partial charge in [0.15, 0.2) is 5.96 Å². The lowest BCUT2D eigenvalue weighted by Gasteiger charge is -2.21. The van der Waals surface area contributed by atoms with Crippen molar-refractivity contribution < 1.29 is 4.74 Å². The Hall–Kier alpha value is -1.19. The fourth-order valence-corrected chi connectivity index (χ4v) is 3.95. The molecule has 7 heteroatoms. The molecule has 1 atom stereocenters. The number of hydrogen-bond donors (Lipinski definition) is 1. The van der Waals surface area contributed by atoms with Crippen LogP contribution in [0.4, 0.5) is 0 Å². The van der Waals surface area contributed by atoms with Crippen LogP contribution in [-0.4, -0.2) is 48.6 Å². The number of hydrogen-bond acceptors (Lipinski definition) is 4. The van der Waals surface area contributed by atoms with Crippen molar-refractivity contribution in [3.05, 3.63) is 52.0 Å². The standard InChI is InChI=1S/C21H30N4OS.HI/c1-3-22-21(23-11-9-20-16-27-17(2)24-20)25-12-10-19(13-25)15-26-14-18-7-5-4-6-8-18;/h4-8,16,19H,3,9-15H2,1-2H3,(H,22,23);1H. The molecule has 0 bridgehead atoms. The zero-order chi connectivity index (χ0) is 18.9. The van der Waals surface area contributed by atoms with Crippen LogP contribution >= 0.6 is 35.3 Å². The highest BCUT2D eigenvalue weighted by atomic mass is 127. The minimum absolute atomic E-state index is 0. The molecule has 1 fully saturated rings. The summed E-state index contributed by atoms with van der Waals surface area (Å²) in [6.45, 7) is 9.39. The van der Waals surface area contributed by atoms with Crippen molar-refractivity contribution in [3.8, 4) is 0 Å². The van der Waals surface area contributed by atoms with Gasteiger partial charge in [-0.1, -0.05) is 30.3 Å². The Morgan fingerprint density at radius 3 is 2.89 bits per heavy atom. The number of halogens is 1. The predicted molar refractivity (Wildman–Crippen MR) is 128 cm³/mol. The summed E-state index contributed by atoms with van der Waals surface area (Å²) in [7, 11) is 0. The quantitative estimate of drug-likeness (QED) is 0.327. The number of ether oxygens (including phenoxy) is 1. The lowest BCUT2D eigenvalue weighted by atomic mass is 10.1. The van der Waals surface area contributed by atoms with E-state index in [1.807, 2.05) is 13.0 Å². The summed E-state index contributed by atoms with van der Waals surface area (Å²) in [4.78, 5) is 11.7. The molecule has 154 valence electrons. The molecule has 28 heavy (non-hydrogen) atoms. The van der Waals surface area contributed by atoms with Crippen LogP contribution in [0.2, 0.25) is 0 Å². The minimum Gasteiger partial charge on any atom is -0.376 e. The summed E-state index contributed by atoms with van der Waals surface area (Å²) in [6.07, 6.45) is 2.06. The van der Waals surface area contributed by atoms with Crippen LogP contribution in [0.5, 0.6) is 0 Å². The van der Waals surface area contributed by atoms with Crippen molar-refractivity contribution in [2.45, 2.75) is 33.3 Å². The number of thiazole rings is 1. The van der Waals surface area contributed by atoms with Crippen molar-refractivity contribution in [1.82, 2.24) is 15.2 Å². The molecule has 0 spiro atoms. The summed E-state index contributed by atoms with van der Waals surface area (Å²) in [5.41, 5.74) is 2.38. The molecule has 0 amide bonds. The first-order chi connectivity index (χ1) is 13.2. The van der Waals surface area contributed by atoms with Crippen molar-refractivity contribution in [3.63, 3.8) is 0 Å². The van der Waals surface area contributed by atoms with Crippen LogP contribution in [0.25, 0.3) is 0 Å². The molecular formula is C21H31IN4OS. The normalized spacial score (nSPS) is 16.9. The first kappa shape index (κ1) is 23.1. The van der Waals surface area contributed by atoms with Gasteiger partial charge in [0.1, 0.15) is 0 Å². The van der Waals surface area contributed by atoms with Gasteiger partial charge in [-0.05, 0) is 25.8 Å². The SMILES string of the molecule is CCNC(=NCCc1csc(C)n1)N1CCC(COCc2ccccc2)C1.I. The molecule has 2 aromatic rings. The fourth-order valence-electron chi connectivity index (χ4n) is 3.30. The maximum Gasteiger partial charge on any atom is 0.193 e. The number of guanidine groups is 1. The molecule has 2 heterocycles. The number of aromatic nitrogens is 1. The third-order valence-electron chi connectivity index (χ3n) is 4.68. The number of likely N-dealkylation sites (tertiary alicyclic amines) is 1. The monoisotopic (exact) mass is 514 g/mol. The number of benzene rings is 1. The second kappa shape index (κ2) is 12.4. The molecule has 1 saturated heterocycles. The molecule has 1 aromatic carbocycles. The van der Waals surface area contributed by atoms with E-state index >= 15 is 0 Å². The van der Waals surface area contributed by atoms with Gasteiger partial charge in [-0.15, -0.1) is 35.3 Å². The average molecular weight is 514 g/mol. The zero-order valence-electron chi connectivity index (χ0n) is 16.8. The van der Waals surface area contributed by atoms with Gasteiger partial charge in [-0.3, -0.25) is 4.99 Å². The third kappa shape index (κ3) is 7.33. The smallest absolute Gasteiger partial charge is 0.193 e. The Balaban J connectivity index is 0.00000280. The predicted octanol–water partition coefficient (Wildman–Crippen LogP) is 4.12. The molecule has 0 saturated carbocycles. The molecular weight excluding hydrogens is 483 g/mol. The van der Waals surface area contributed by atoms with Crippen molar-refractivity contribution in [2.75, 3.05) is 32.8 Å². The van der Waals surface area contributed by atoms with Gasteiger partial charge in [0, 0.05) is 43.9 Å². The number of aryl methyl sites for hydroxylation is 1. The van der Waals surface area contributed by atoms with Crippen molar-refractivity contribution in [1.29, 1.82) is 0 Å². The molecule has 1 N–H and O–H groups in total. The van der Waals surface area contributed by atoms with Crippen LogP contribution < -0.4 is 5.32 Å². The summed E-state index contributed by atoms with van der Waals surface area (Å²) >= 11 is 1.71. The van der Waals surface area contributed by atoms with Crippen molar-refractivity contribution >= 4 is 41.3 Å². The highest BCUT2D eigenvalue weighted by Crippen LogP contribution is 2.17. The maximum absolute atomic E-state index is 5.94. The lowest BCUT2D eigenvalue weighted by Crippen LogP contribution is -2.40. The summed E-state index contributed by atoms with van der Waals surface area (Å²) in [6, 6.07) is 10.4. The summed E-state index contributed by atoms with van der Waals surface area (Å²) < 4.78 is 5.94. The largest absolute Gasteiger partial charge is 0.376 e. The van der Waals surface area contributed by atoms with Crippen LogP contribution in [0.3, 0.4) is 0 Å². The topological polar surface area (TPSA) is 49.8 Å². The molecule has 0 aliphatic carbocycles. The average Bonchev–Trinajstić information content (AvgIpc) is 3.31. The number of nitrogens with zero attached hydrogens (tertiary/aromatic N) is 3. The van der Waals surface area contributed by atoms with Crippen LogP contribution in [-0.2, 0) is 17.8 Å². The fraction of sp³-hybridized carbons (Fsp3) is 0.524. The highest BCUT2D eigenvalue weighted by Gasteiger charge is 2.24. The highest BCUT2D eigenvalue weighted by molar-refractivity contribution is 14.0. The maximum atomic E-state index is 5.94. The van der Waals surface area contributed by atoms with Gasteiger partial charge < -0.3 is 15.0 Å². The number of rotatable bonds is 8. The molecule has 3 rings (SSSR count). The first-order valence-electron chi connectivity index (χ1n) is 9.80. The Morgan fingerprint density at radius 1 is 1.36 bits per heavy atom. The van der Waals surface area contributed by atoms with E-state index in [1.165, 1.54) is 5.56 Å². The zero-order valence-corrected chi connectivity index (χ0v) is 19.9. The molecule has 5 nitrogen and oxygen atoms in total. The molecule has 1 aliphatic heterocycles. The number of nitrogens with one attached hydrogen (secondary N) is 1. The van der Waals surface area contributed by atoms with Gasteiger partial charge in [-0.2, -0.15) is 0 Å². The third-order valence-corrected chi connectivity index (χ3v) is 5.50. The van der Waals surface area contributed by atoms with E-state index in [0.29, 0.717) is 12.5 Å². The molecule has 1 aromatic heterocycles. The molecule has 1 unspecified atom stereocenters. The van der Waals surface area contributed by atoms with E-state index in [-0.39, 0.29) is 24.0 Å². The Morgan fingerprint density at radius 2 is 2.18 bits per heavy atom. The van der Waals surface area contributed by atoms with Gasteiger partial charge >= 0.3 is 0 Å². The molecule has 1 aliphatic rings. The van der Waals surface area contributed by atoms with E-state index < -0.39 is 0 Å². The summed E-state index contributed by atoms with van der Waals surface area (Å²) in [5, 5.41) is 6.69. The van der Waals surface area contributed by atoms with Gasteiger partial charge in [0.05, 0.1) is 23.9 Å². The second-order valence-corrected chi connectivity index (χ2v) is 8.01. The van der Waals surface area contributed by atoms with Gasteiger partial charge in [-0.25, -0.2) is 4.98 Å². The summed E-state index contributed by atoms with van der Waals surface area (Å²) in [5.74, 6) is 1.59. The lowest BCUT2D eigenvalue weighted by molar-refractivity contribution is 0.0907.